The Balaban J connectivity index is 1.97. The predicted molar refractivity (Wildman–Crippen MR) is 91.9 cm³/mol. The molecule has 0 saturated heterocycles. The van der Waals surface area contributed by atoms with Crippen LogP contribution in [0.15, 0.2) is 30.3 Å². The van der Waals surface area contributed by atoms with E-state index in [1.165, 1.54) is 23.8 Å². The maximum Gasteiger partial charge on any atom is 0.186 e. The Labute approximate surface area is 126 Å². The number of nitrogens with one attached hydrogen (secondary N) is 1. The molecule has 0 aliphatic carbocycles. The Bertz CT molecular complexity index is 335. The first-order valence-electron chi connectivity index (χ1n) is 6.83. The second-order valence-corrected chi connectivity index (χ2v) is 11.6. The summed E-state index contributed by atoms with van der Waals surface area (Å²) in [6.45, 7) is 8.49. The highest BCUT2D eigenvalue weighted by molar-refractivity contribution is 8.76. The molecule has 0 unspecified atom stereocenters. The van der Waals surface area contributed by atoms with Crippen molar-refractivity contribution >= 4 is 30.1 Å². The van der Waals surface area contributed by atoms with Crippen molar-refractivity contribution < 1.29 is 4.43 Å². The zero-order valence-electron chi connectivity index (χ0n) is 12.1. The van der Waals surface area contributed by atoms with Gasteiger partial charge in [0.25, 0.3) is 0 Å². The van der Waals surface area contributed by atoms with E-state index in [0.29, 0.717) is 0 Å². The molecular formula is C14H25NOS2Si. The first-order chi connectivity index (χ1) is 9.14. The molecule has 0 fully saturated rings. The van der Waals surface area contributed by atoms with E-state index in [4.69, 9.17) is 4.43 Å². The highest BCUT2D eigenvalue weighted by Crippen LogP contribution is 2.22. The lowest BCUT2D eigenvalue weighted by molar-refractivity contribution is 0.328. The third-order valence-corrected chi connectivity index (χ3v) is 7.45. The first-order valence-corrected chi connectivity index (χ1v) is 12.3. The Morgan fingerprint density at radius 3 is 2.63 bits per heavy atom. The smallest absolute Gasteiger partial charge is 0.186 e. The summed E-state index contributed by atoms with van der Waals surface area (Å²) in [7, 11) is 2.29. The molecule has 19 heavy (non-hydrogen) atoms. The fourth-order valence-corrected chi connectivity index (χ4v) is 5.71. The molecule has 0 spiro atoms. The number of rotatable bonds is 10. The van der Waals surface area contributed by atoms with E-state index in [1.807, 2.05) is 10.8 Å². The highest BCUT2D eigenvalue weighted by atomic mass is 33.1. The molecule has 1 aromatic carbocycles. The average molecular weight is 316 g/mol. The van der Waals surface area contributed by atoms with E-state index in [0.717, 1.165) is 13.2 Å². The van der Waals surface area contributed by atoms with Crippen molar-refractivity contribution in [2.24, 2.45) is 0 Å². The van der Waals surface area contributed by atoms with Crippen molar-refractivity contribution in [1.29, 1.82) is 0 Å². The summed E-state index contributed by atoms with van der Waals surface area (Å²) in [6, 6.07) is 11.8. The third kappa shape index (κ3) is 8.76. The van der Waals surface area contributed by atoms with Crippen LogP contribution in [-0.2, 0) is 11.0 Å². The standard InChI is InChI=1S/C14H25NOS2Si/c1-4-16-19(2,3)12-8-11-17-18-15-13-14-9-6-5-7-10-14/h5-7,9-10,15H,4,8,11-13H2,1-3H3. The molecule has 0 saturated carbocycles. The topological polar surface area (TPSA) is 21.3 Å². The molecule has 108 valence electrons. The van der Waals surface area contributed by atoms with Gasteiger partial charge < -0.3 is 4.43 Å². The Kier molecular flexibility index (Phi) is 8.90. The van der Waals surface area contributed by atoms with Gasteiger partial charge in [0.05, 0.1) is 0 Å². The van der Waals surface area contributed by atoms with Crippen LogP contribution in [0.25, 0.3) is 0 Å². The van der Waals surface area contributed by atoms with Crippen LogP contribution in [0, 0.1) is 0 Å². The first kappa shape index (κ1) is 17.1. The lowest BCUT2D eigenvalue weighted by atomic mass is 10.2. The maximum absolute atomic E-state index is 5.82. The average Bonchev–Trinajstić information content (AvgIpc) is 2.38. The highest BCUT2D eigenvalue weighted by Gasteiger charge is 2.20. The Hall–Kier alpha value is 0.0569. The minimum Gasteiger partial charge on any atom is -0.418 e. The Morgan fingerprint density at radius 2 is 1.95 bits per heavy atom. The summed E-state index contributed by atoms with van der Waals surface area (Å²) >= 11 is 0. The molecule has 0 aromatic heterocycles. The number of hydrogen-bond acceptors (Lipinski definition) is 4. The summed E-state index contributed by atoms with van der Waals surface area (Å²) in [5.41, 5.74) is 1.33. The van der Waals surface area contributed by atoms with Crippen LogP contribution in [0.2, 0.25) is 19.1 Å². The zero-order chi connectivity index (χ0) is 14.0. The molecule has 0 heterocycles. The molecule has 0 aliphatic heterocycles. The van der Waals surface area contributed by atoms with Crippen molar-refractivity contribution in [2.75, 3.05) is 12.4 Å². The van der Waals surface area contributed by atoms with E-state index < -0.39 is 8.32 Å². The van der Waals surface area contributed by atoms with Gasteiger partial charge in [0.2, 0.25) is 0 Å². The second kappa shape index (κ2) is 9.88. The van der Waals surface area contributed by atoms with E-state index in [2.05, 4.69) is 55.1 Å². The molecule has 0 atom stereocenters. The van der Waals surface area contributed by atoms with Gasteiger partial charge in [-0.05, 0) is 49.0 Å². The van der Waals surface area contributed by atoms with Crippen LogP contribution >= 0.6 is 21.8 Å². The normalized spacial score (nSPS) is 11.7. The minimum absolute atomic E-state index is 0.861. The largest absolute Gasteiger partial charge is 0.418 e. The molecule has 5 heteroatoms. The molecular weight excluding hydrogens is 290 g/mol. The molecule has 1 aromatic rings. The summed E-state index contributed by atoms with van der Waals surface area (Å²) in [5, 5.41) is 0. The predicted octanol–water partition coefficient (Wildman–Crippen LogP) is 4.70. The molecule has 1 N–H and O–H groups in total. The van der Waals surface area contributed by atoms with Crippen molar-refractivity contribution in [1.82, 2.24) is 4.72 Å². The third-order valence-electron chi connectivity index (χ3n) is 2.78. The van der Waals surface area contributed by atoms with Gasteiger partial charge in [0.15, 0.2) is 8.32 Å². The van der Waals surface area contributed by atoms with E-state index in [1.54, 1.807) is 11.0 Å². The van der Waals surface area contributed by atoms with Crippen LogP contribution < -0.4 is 4.72 Å². The van der Waals surface area contributed by atoms with Crippen LogP contribution in [-0.4, -0.2) is 20.7 Å². The van der Waals surface area contributed by atoms with Crippen molar-refractivity contribution in [3.05, 3.63) is 35.9 Å². The van der Waals surface area contributed by atoms with Crippen molar-refractivity contribution in [2.45, 2.75) is 39.0 Å². The lowest BCUT2D eigenvalue weighted by Crippen LogP contribution is -2.30. The fourth-order valence-electron chi connectivity index (χ4n) is 1.81. The molecule has 0 radical (unpaired) electrons. The minimum atomic E-state index is -1.37. The van der Waals surface area contributed by atoms with Crippen molar-refractivity contribution in [3.8, 4) is 0 Å². The van der Waals surface area contributed by atoms with Crippen LogP contribution in [0.5, 0.6) is 0 Å². The van der Waals surface area contributed by atoms with Gasteiger partial charge >= 0.3 is 0 Å². The van der Waals surface area contributed by atoms with Gasteiger partial charge in [0.1, 0.15) is 0 Å². The summed E-state index contributed by atoms with van der Waals surface area (Å²) in [5.74, 6) is 1.19. The SMILES string of the molecule is CCO[Si](C)(C)CCCSSNCc1ccccc1. The monoisotopic (exact) mass is 315 g/mol. The lowest BCUT2D eigenvalue weighted by Gasteiger charge is -2.21. The summed E-state index contributed by atoms with van der Waals surface area (Å²) in [4.78, 5) is 0. The second-order valence-electron chi connectivity index (χ2n) is 5.01. The van der Waals surface area contributed by atoms with Gasteiger partial charge in [-0.15, -0.1) is 0 Å². The van der Waals surface area contributed by atoms with Gasteiger partial charge in [-0.3, -0.25) is 4.72 Å². The summed E-state index contributed by atoms with van der Waals surface area (Å²) < 4.78 is 9.21. The zero-order valence-corrected chi connectivity index (χ0v) is 14.8. The maximum atomic E-state index is 5.82. The van der Waals surface area contributed by atoms with Crippen LogP contribution in [0.3, 0.4) is 0 Å². The fraction of sp³-hybridized carbons (Fsp3) is 0.571. The van der Waals surface area contributed by atoms with Crippen molar-refractivity contribution in [3.63, 3.8) is 0 Å². The van der Waals surface area contributed by atoms with Gasteiger partial charge in [0, 0.05) is 18.9 Å². The van der Waals surface area contributed by atoms with Crippen LogP contribution in [0.4, 0.5) is 0 Å². The van der Waals surface area contributed by atoms with E-state index >= 15 is 0 Å². The number of benzene rings is 1. The molecule has 0 amide bonds. The van der Waals surface area contributed by atoms with E-state index in [-0.39, 0.29) is 0 Å². The van der Waals surface area contributed by atoms with Gasteiger partial charge in [-0.25, -0.2) is 0 Å². The Morgan fingerprint density at radius 1 is 1.21 bits per heavy atom. The number of hydrogen-bond donors (Lipinski definition) is 1. The molecule has 0 bridgehead atoms. The summed E-state index contributed by atoms with van der Waals surface area (Å²) in [6.07, 6.45) is 1.25. The van der Waals surface area contributed by atoms with Gasteiger partial charge in [-0.2, -0.15) is 0 Å². The molecule has 1 rings (SSSR count). The quantitative estimate of drug-likeness (QED) is 0.292. The molecule has 2 nitrogen and oxygen atoms in total. The molecule has 0 aliphatic rings. The van der Waals surface area contributed by atoms with Gasteiger partial charge in [-0.1, -0.05) is 41.1 Å². The van der Waals surface area contributed by atoms with E-state index in [9.17, 15) is 0 Å². The van der Waals surface area contributed by atoms with Crippen LogP contribution in [0.1, 0.15) is 18.9 Å².